The highest BCUT2D eigenvalue weighted by atomic mass is 32.2. The molecule has 0 unspecified atom stereocenters. The molecule has 1 aromatic carbocycles. The molecule has 2 heterocycles. The van der Waals surface area contributed by atoms with Crippen molar-refractivity contribution in [3.05, 3.63) is 62.5 Å². The molecule has 8 nitrogen and oxygen atoms in total. The molecule has 82 heavy (non-hydrogen) atoms. The maximum Gasteiger partial charge on any atom is 0.346 e. The highest BCUT2D eigenvalue weighted by molar-refractivity contribution is 8.30. The molecule has 0 aromatic heterocycles. The first-order chi connectivity index (χ1) is 39.5. The largest absolute Gasteiger partial charge is 0.462 e. The summed E-state index contributed by atoms with van der Waals surface area (Å²) < 4.78 is 25.0. The Labute approximate surface area is 518 Å². The summed E-state index contributed by atoms with van der Waals surface area (Å²) in [5, 5.41) is 0. The van der Waals surface area contributed by atoms with Gasteiger partial charge in [-0.05, 0) is 61.1 Å². The van der Waals surface area contributed by atoms with Gasteiger partial charge in [0.1, 0.15) is 35.8 Å². The molecule has 2 aliphatic rings. The van der Waals surface area contributed by atoms with E-state index in [1.54, 1.807) is 0 Å². The van der Waals surface area contributed by atoms with Crippen molar-refractivity contribution in [2.45, 2.75) is 272 Å². The van der Waals surface area contributed by atoms with E-state index >= 15 is 0 Å². The van der Waals surface area contributed by atoms with Gasteiger partial charge < -0.3 is 18.9 Å². The quantitative estimate of drug-likeness (QED) is 0.0205. The first-order valence-electron chi connectivity index (χ1n) is 32.1. The Kier molecular flexibility index (Phi) is 39.0. The van der Waals surface area contributed by atoms with Gasteiger partial charge in [-0.15, -0.1) is 11.1 Å². The van der Waals surface area contributed by atoms with E-state index in [4.69, 9.17) is 18.9 Å². The fourth-order valence-corrected chi connectivity index (χ4v) is 14.7. The molecular formula is C68H106O8S4Si2. The molecule has 1 aromatic rings. The minimum absolute atomic E-state index is 0.258. The Hall–Kier alpha value is -2.99. The van der Waals surface area contributed by atoms with Crippen molar-refractivity contribution in [3.63, 3.8) is 0 Å². The van der Waals surface area contributed by atoms with Crippen LogP contribution in [0.15, 0.2) is 40.2 Å². The van der Waals surface area contributed by atoms with Crippen LogP contribution in [-0.4, -0.2) is 66.5 Å². The van der Waals surface area contributed by atoms with Gasteiger partial charge in [-0.1, -0.05) is 306 Å². The molecule has 0 radical (unpaired) electrons. The van der Waals surface area contributed by atoms with E-state index in [2.05, 4.69) is 102 Å². The maximum absolute atomic E-state index is 13.9. The maximum atomic E-state index is 13.9. The second kappa shape index (κ2) is 43.6. The molecule has 2 aliphatic heterocycles. The monoisotopic (exact) mass is 1230 g/mol. The van der Waals surface area contributed by atoms with Gasteiger partial charge in [0.15, 0.2) is 0 Å². The number of rotatable bonds is 42. The molecule has 0 fully saturated rings. The topological polar surface area (TPSA) is 105 Å². The number of unbranched alkanes of at least 4 members (excludes halogenated alkanes) is 28. The van der Waals surface area contributed by atoms with E-state index in [1.165, 1.54) is 175 Å². The van der Waals surface area contributed by atoms with Crippen molar-refractivity contribution in [2.75, 3.05) is 26.4 Å². The third-order valence-electron chi connectivity index (χ3n) is 13.8. The normalized spacial score (nSPS) is 13.4. The minimum Gasteiger partial charge on any atom is -0.462 e. The highest BCUT2D eigenvalue weighted by Crippen LogP contribution is 2.52. The van der Waals surface area contributed by atoms with Gasteiger partial charge in [-0.3, -0.25) is 0 Å². The van der Waals surface area contributed by atoms with Gasteiger partial charge in [0.2, 0.25) is 0 Å². The lowest BCUT2D eigenvalue weighted by atomic mass is 9.99. The molecule has 0 amide bonds. The van der Waals surface area contributed by atoms with Gasteiger partial charge >= 0.3 is 23.9 Å². The van der Waals surface area contributed by atoms with Crippen molar-refractivity contribution in [1.29, 1.82) is 0 Å². The molecule has 458 valence electrons. The Bertz CT molecular complexity index is 2110. The van der Waals surface area contributed by atoms with Gasteiger partial charge in [0.05, 0.1) is 34.9 Å². The number of carbonyl (C=O) groups is 4. The number of carbonyl (C=O) groups excluding carboxylic acids is 4. The zero-order valence-electron chi connectivity index (χ0n) is 52.7. The van der Waals surface area contributed by atoms with Crippen LogP contribution in [0.5, 0.6) is 0 Å². The van der Waals surface area contributed by atoms with Crippen LogP contribution in [0, 0.1) is 22.9 Å². The third kappa shape index (κ3) is 32.5. The molecule has 0 atom stereocenters. The Morgan fingerprint density at radius 1 is 0.354 bits per heavy atom. The second-order valence-corrected chi connectivity index (χ2v) is 38.3. The summed E-state index contributed by atoms with van der Waals surface area (Å²) in [7, 11) is -3.80. The Balaban J connectivity index is 2.00. The van der Waals surface area contributed by atoms with Crippen molar-refractivity contribution in [2.24, 2.45) is 0 Å². The predicted octanol–water partition coefficient (Wildman–Crippen LogP) is 20.9. The highest BCUT2D eigenvalue weighted by Gasteiger charge is 2.35. The molecule has 14 heteroatoms. The predicted molar refractivity (Wildman–Crippen MR) is 362 cm³/mol. The first-order valence-corrected chi connectivity index (χ1v) is 42.3. The molecule has 0 bridgehead atoms. The van der Waals surface area contributed by atoms with E-state index < -0.39 is 40.0 Å². The van der Waals surface area contributed by atoms with Crippen molar-refractivity contribution >= 4 is 99.2 Å². The average Bonchev–Trinajstić information content (AvgIpc) is 4.23. The smallest absolute Gasteiger partial charge is 0.346 e. The lowest BCUT2D eigenvalue weighted by molar-refractivity contribution is -0.141. The van der Waals surface area contributed by atoms with Crippen molar-refractivity contribution < 1.29 is 38.1 Å². The molecule has 0 aliphatic carbocycles. The second-order valence-electron chi connectivity index (χ2n) is 24.1. The number of benzene rings is 1. The summed E-state index contributed by atoms with van der Waals surface area (Å²) in [4.78, 5) is 56.8. The van der Waals surface area contributed by atoms with Gasteiger partial charge in [0, 0.05) is 11.1 Å². The molecule has 0 N–H and O–H groups in total. The first kappa shape index (κ1) is 73.3. The summed E-state index contributed by atoms with van der Waals surface area (Å²) in [6.07, 6.45) is 40.2. The van der Waals surface area contributed by atoms with Crippen LogP contribution >= 0.6 is 47.0 Å². The molecule has 0 spiro atoms. The van der Waals surface area contributed by atoms with Crippen LogP contribution < -0.4 is 0 Å². The zero-order valence-corrected chi connectivity index (χ0v) is 57.9. The summed E-state index contributed by atoms with van der Waals surface area (Å²) in [5.41, 5.74) is 10.3. The SMILES string of the molecule is CCCCCCCCCCOC(=O)C1=C(C(=O)OCCCCCCCCCC)SC(=Cc2cc(C#C[Si](C)(C)C)c(C=C3SC(C(=O)OCCCCCCCCCC)=C(C(=O)OCCCCCCCCCC)S3)cc2C#C[Si](C)(C)C)S1. The molecule has 0 saturated heterocycles. The number of hydrogen-bond acceptors (Lipinski definition) is 12. The number of hydrogen-bond donors (Lipinski definition) is 0. The van der Waals surface area contributed by atoms with Crippen LogP contribution in [0.2, 0.25) is 39.3 Å². The van der Waals surface area contributed by atoms with Crippen molar-refractivity contribution in [1.82, 2.24) is 0 Å². The summed E-state index contributed by atoms with van der Waals surface area (Å²) in [5.74, 6) is 5.08. The van der Waals surface area contributed by atoms with Gasteiger partial charge in [0.25, 0.3) is 0 Å². The fraction of sp³-hybridized carbons (Fsp3) is 0.676. The zero-order chi connectivity index (χ0) is 59.9. The van der Waals surface area contributed by atoms with E-state index in [0.717, 1.165) is 108 Å². The molecular weight excluding hydrogens is 1130 g/mol. The lowest BCUT2D eigenvalue weighted by Crippen LogP contribution is -2.16. The number of thioether (sulfide) groups is 4. The van der Waals surface area contributed by atoms with E-state index in [0.29, 0.717) is 26.4 Å². The van der Waals surface area contributed by atoms with Crippen LogP contribution in [0.25, 0.3) is 12.2 Å². The Morgan fingerprint density at radius 3 is 0.768 bits per heavy atom. The molecule has 3 rings (SSSR count). The van der Waals surface area contributed by atoms with E-state index in [1.807, 2.05) is 12.2 Å². The number of ether oxygens (including phenoxy) is 4. The van der Waals surface area contributed by atoms with Gasteiger partial charge in [-0.2, -0.15) is 0 Å². The summed E-state index contributed by atoms with van der Waals surface area (Å²) >= 11 is 5.01. The van der Waals surface area contributed by atoms with Crippen molar-refractivity contribution in [3.8, 4) is 22.9 Å². The third-order valence-corrected chi connectivity index (χ3v) is 20.4. The van der Waals surface area contributed by atoms with Gasteiger partial charge in [-0.25, -0.2) is 19.2 Å². The van der Waals surface area contributed by atoms with Crippen LogP contribution in [0.4, 0.5) is 0 Å². The number of esters is 4. The average molecular weight is 1240 g/mol. The standard InChI is InChI=1S/C68H106O8S4Si2/c1-11-15-19-23-27-31-35-39-45-73-65(69)61-62(66(70)74-46-40-36-32-28-24-20-16-12-2)78-59(77-61)53-57-51-56(44-50-82(8,9)10)58(52-55(57)43-49-81(5,6)7)54-60-79-63(67(71)75-47-41-37-33-29-25-21-17-13-3)64(80-60)68(72)76-48-42-38-34-30-26-22-18-14-4/h51-54H,11-42,45-48H2,1-10H3. The Morgan fingerprint density at radius 2 is 0.561 bits per heavy atom. The van der Waals surface area contributed by atoms with Crippen LogP contribution in [-0.2, 0) is 38.1 Å². The summed E-state index contributed by atoms with van der Waals surface area (Å²) in [6.45, 7) is 23.3. The van der Waals surface area contributed by atoms with Crippen LogP contribution in [0.3, 0.4) is 0 Å². The van der Waals surface area contributed by atoms with E-state index in [-0.39, 0.29) is 19.6 Å². The lowest BCUT2D eigenvalue weighted by Gasteiger charge is -2.11. The van der Waals surface area contributed by atoms with Crippen LogP contribution in [0.1, 0.15) is 255 Å². The minimum atomic E-state index is -1.90. The van der Waals surface area contributed by atoms with E-state index in [9.17, 15) is 19.2 Å². The summed E-state index contributed by atoms with van der Waals surface area (Å²) in [6, 6.07) is 4.10. The fourth-order valence-electron chi connectivity index (χ4n) is 9.00. The molecule has 0 saturated carbocycles.